The highest BCUT2D eigenvalue weighted by Crippen LogP contribution is 2.32. The van der Waals surface area contributed by atoms with Crippen LogP contribution in [0.5, 0.6) is 0 Å². The molecule has 0 aromatic rings. The third kappa shape index (κ3) is 1.50. The molecular weight excluding hydrogens is 148 g/mol. The van der Waals surface area contributed by atoms with E-state index in [1.54, 1.807) is 0 Å². The first-order valence-electron chi connectivity index (χ1n) is 5.08. The Hall–Kier alpha value is -0.0800. The molecule has 2 nitrogen and oxygen atoms in total. The van der Waals surface area contributed by atoms with Gasteiger partial charge in [0.25, 0.3) is 0 Å². The predicted molar refractivity (Wildman–Crippen MR) is 51.2 cm³/mol. The highest BCUT2D eigenvalue weighted by atomic mass is 15.1. The van der Waals surface area contributed by atoms with Crippen LogP contribution in [0.25, 0.3) is 0 Å². The van der Waals surface area contributed by atoms with Gasteiger partial charge in [-0.25, -0.2) is 0 Å². The van der Waals surface area contributed by atoms with Crippen LogP contribution in [0.2, 0.25) is 0 Å². The summed E-state index contributed by atoms with van der Waals surface area (Å²) in [4.78, 5) is 0. The zero-order valence-electron chi connectivity index (χ0n) is 8.24. The molecule has 0 radical (unpaired) electrons. The SMILES string of the molecule is CC1(CNC2(C)CCC2)CNC1. The Kier molecular flexibility index (Phi) is 1.92. The molecule has 0 spiro atoms. The van der Waals surface area contributed by atoms with Crippen LogP contribution in [0.15, 0.2) is 0 Å². The number of hydrogen-bond donors (Lipinski definition) is 2. The lowest BCUT2D eigenvalue weighted by molar-refractivity contribution is 0.132. The van der Waals surface area contributed by atoms with E-state index in [-0.39, 0.29) is 0 Å². The highest BCUT2D eigenvalue weighted by Gasteiger charge is 2.36. The summed E-state index contributed by atoms with van der Waals surface area (Å²) in [7, 11) is 0. The molecule has 1 aliphatic heterocycles. The van der Waals surface area contributed by atoms with Crippen LogP contribution in [-0.4, -0.2) is 25.2 Å². The van der Waals surface area contributed by atoms with Crippen LogP contribution in [-0.2, 0) is 0 Å². The van der Waals surface area contributed by atoms with Crippen molar-refractivity contribution in [3.8, 4) is 0 Å². The van der Waals surface area contributed by atoms with E-state index < -0.39 is 0 Å². The fourth-order valence-corrected chi connectivity index (χ4v) is 1.99. The molecule has 12 heavy (non-hydrogen) atoms. The summed E-state index contributed by atoms with van der Waals surface area (Å²) in [5.74, 6) is 0. The molecule has 1 saturated carbocycles. The second-order valence-electron chi connectivity index (χ2n) is 5.18. The Labute approximate surface area is 75.1 Å². The first-order valence-corrected chi connectivity index (χ1v) is 5.08. The molecule has 2 aliphatic rings. The van der Waals surface area contributed by atoms with Crippen molar-refractivity contribution in [2.45, 2.75) is 38.6 Å². The van der Waals surface area contributed by atoms with Crippen molar-refractivity contribution in [2.75, 3.05) is 19.6 Å². The minimum Gasteiger partial charge on any atom is -0.315 e. The summed E-state index contributed by atoms with van der Waals surface area (Å²) >= 11 is 0. The van der Waals surface area contributed by atoms with Crippen molar-refractivity contribution in [2.24, 2.45) is 5.41 Å². The predicted octanol–water partition coefficient (Wildman–Crippen LogP) is 1.13. The molecule has 0 atom stereocenters. The maximum atomic E-state index is 3.70. The zero-order valence-corrected chi connectivity index (χ0v) is 8.24. The fraction of sp³-hybridized carbons (Fsp3) is 1.00. The van der Waals surface area contributed by atoms with Crippen molar-refractivity contribution in [3.05, 3.63) is 0 Å². The van der Waals surface area contributed by atoms with Gasteiger partial charge in [0.1, 0.15) is 0 Å². The molecule has 2 N–H and O–H groups in total. The average molecular weight is 168 g/mol. The fourth-order valence-electron chi connectivity index (χ4n) is 1.99. The third-order valence-electron chi connectivity index (χ3n) is 3.50. The maximum absolute atomic E-state index is 3.70. The Morgan fingerprint density at radius 3 is 2.25 bits per heavy atom. The van der Waals surface area contributed by atoms with E-state index in [0.717, 1.165) is 0 Å². The van der Waals surface area contributed by atoms with E-state index in [4.69, 9.17) is 0 Å². The first kappa shape index (κ1) is 8.52. The standard InChI is InChI=1S/C10H20N2/c1-9(6-11-7-9)8-12-10(2)4-3-5-10/h11-12H,3-8H2,1-2H3. The number of rotatable bonds is 3. The van der Waals surface area contributed by atoms with Crippen LogP contribution in [0.4, 0.5) is 0 Å². The van der Waals surface area contributed by atoms with Gasteiger partial charge < -0.3 is 10.6 Å². The topological polar surface area (TPSA) is 24.1 Å². The van der Waals surface area contributed by atoms with E-state index in [1.807, 2.05) is 0 Å². The van der Waals surface area contributed by atoms with Crippen molar-refractivity contribution >= 4 is 0 Å². The van der Waals surface area contributed by atoms with E-state index in [1.165, 1.54) is 38.9 Å². The molecular formula is C10H20N2. The van der Waals surface area contributed by atoms with Crippen LogP contribution < -0.4 is 10.6 Å². The minimum atomic E-state index is 0.485. The van der Waals surface area contributed by atoms with Gasteiger partial charge in [-0.15, -0.1) is 0 Å². The van der Waals surface area contributed by atoms with Gasteiger partial charge in [-0.1, -0.05) is 6.92 Å². The van der Waals surface area contributed by atoms with Crippen molar-refractivity contribution < 1.29 is 0 Å². The molecule has 1 saturated heterocycles. The number of nitrogens with one attached hydrogen (secondary N) is 2. The molecule has 70 valence electrons. The average Bonchev–Trinajstić information content (AvgIpc) is 1.93. The van der Waals surface area contributed by atoms with E-state index in [9.17, 15) is 0 Å². The molecule has 0 bridgehead atoms. The molecule has 1 heterocycles. The van der Waals surface area contributed by atoms with Crippen LogP contribution in [0.3, 0.4) is 0 Å². The third-order valence-corrected chi connectivity index (χ3v) is 3.50. The lowest BCUT2D eigenvalue weighted by atomic mass is 9.76. The molecule has 1 aliphatic carbocycles. The van der Waals surface area contributed by atoms with Crippen LogP contribution in [0, 0.1) is 5.41 Å². The van der Waals surface area contributed by atoms with E-state index in [2.05, 4.69) is 24.5 Å². The van der Waals surface area contributed by atoms with Crippen molar-refractivity contribution in [3.63, 3.8) is 0 Å². The Bertz CT molecular complexity index is 149. The summed E-state index contributed by atoms with van der Waals surface area (Å²) in [6.07, 6.45) is 4.16. The normalized spacial score (nSPS) is 30.5. The van der Waals surface area contributed by atoms with E-state index in [0.29, 0.717) is 11.0 Å². The second-order valence-corrected chi connectivity index (χ2v) is 5.18. The van der Waals surface area contributed by atoms with E-state index >= 15 is 0 Å². The van der Waals surface area contributed by atoms with Crippen LogP contribution in [0.1, 0.15) is 33.1 Å². The van der Waals surface area contributed by atoms with Gasteiger partial charge in [0.2, 0.25) is 0 Å². The lowest BCUT2D eigenvalue weighted by Gasteiger charge is -2.46. The Morgan fingerprint density at radius 1 is 1.25 bits per heavy atom. The monoisotopic (exact) mass is 168 g/mol. The highest BCUT2D eigenvalue weighted by molar-refractivity contribution is 4.96. The lowest BCUT2D eigenvalue weighted by Crippen LogP contribution is -2.60. The molecule has 0 aromatic heterocycles. The smallest absolute Gasteiger partial charge is 0.0153 e. The van der Waals surface area contributed by atoms with Gasteiger partial charge in [0.15, 0.2) is 0 Å². The number of hydrogen-bond acceptors (Lipinski definition) is 2. The molecule has 2 fully saturated rings. The quantitative estimate of drug-likeness (QED) is 0.660. The minimum absolute atomic E-state index is 0.485. The second kappa shape index (κ2) is 2.71. The molecule has 2 heteroatoms. The summed E-state index contributed by atoms with van der Waals surface area (Å²) in [6, 6.07) is 0. The van der Waals surface area contributed by atoms with Crippen molar-refractivity contribution in [1.82, 2.24) is 10.6 Å². The maximum Gasteiger partial charge on any atom is 0.0153 e. The summed E-state index contributed by atoms with van der Waals surface area (Å²) in [6.45, 7) is 8.28. The molecule has 0 unspecified atom stereocenters. The summed E-state index contributed by atoms with van der Waals surface area (Å²) < 4.78 is 0. The Balaban J connectivity index is 1.74. The molecule has 0 aromatic carbocycles. The van der Waals surface area contributed by atoms with Gasteiger partial charge in [0.05, 0.1) is 0 Å². The van der Waals surface area contributed by atoms with Gasteiger partial charge in [-0.05, 0) is 26.2 Å². The van der Waals surface area contributed by atoms with Crippen molar-refractivity contribution in [1.29, 1.82) is 0 Å². The van der Waals surface area contributed by atoms with Gasteiger partial charge in [-0.3, -0.25) is 0 Å². The van der Waals surface area contributed by atoms with Crippen LogP contribution >= 0.6 is 0 Å². The molecule has 0 amide bonds. The van der Waals surface area contributed by atoms with Gasteiger partial charge in [0, 0.05) is 30.6 Å². The van der Waals surface area contributed by atoms with Gasteiger partial charge in [-0.2, -0.15) is 0 Å². The largest absolute Gasteiger partial charge is 0.315 e. The van der Waals surface area contributed by atoms with Gasteiger partial charge >= 0.3 is 0 Å². The molecule has 2 rings (SSSR count). The zero-order chi connectivity index (χ0) is 8.66. The Morgan fingerprint density at radius 2 is 1.92 bits per heavy atom. The summed E-state index contributed by atoms with van der Waals surface area (Å²) in [5, 5.41) is 7.03. The first-order chi connectivity index (χ1) is 5.62. The summed E-state index contributed by atoms with van der Waals surface area (Å²) in [5.41, 5.74) is 1.03.